The summed E-state index contributed by atoms with van der Waals surface area (Å²) in [6.07, 6.45) is 4.77. The summed E-state index contributed by atoms with van der Waals surface area (Å²) in [6.45, 7) is 0.474. The summed E-state index contributed by atoms with van der Waals surface area (Å²) in [5.74, 6) is 0.280. The van der Waals surface area contributed by atoms with E-state index in [9.17, 15) is 4.79 Å². The fourth-order valence-corrected chi connectivity index (χ4v) is 3.37. The largest absolute Gasteiger partial charge is 0.366 e. The van der Waals surface area contributed by atoms with Crippen LogP contribution in [-0.2, 0) is 19.4 Å². The number of primary amides is 1. The first-order valence-corrected chi connectivity index (χ1v) is 9.67. The number of rotatable bonds is 7. The molecule has 0 spiro atoms. The van der Waals surface area contributed by atoms with Crippen LogP contribution in [0.2, 0.25) is 0 Å². The highest BCUT2D eigenvalue weighted by Gasteiger charge is 2.11. The quantitative estimate of drug-likeness (QED) is 0.440. The van der Waals surface area contributed by atoms with Crippen molar-refractivity contribution >= 4 is 28.3 Å². The van der Waals surface area contributed by atoms with E-state index < -0.39 is 5.91 Å². The van der Waals surface area contributed by atoms with Crippen LogP contribution in [0.5, 0.6) is 0 Å². The first-order chi connectivity index (χ1) is 14.6. The van der Waals surface area contributed by atoms with Crippen LogP contribution in [0, 0.1) is 0 Å². The van der Waals surface area contributed by atoms with Gasteiger partial charge in [-0.05, 0) is 48.2 Å². The molecule has 0 aliphatic carbocycles. The van der Waals surface area contributed by atoms with Gasteiger partial charge in [-0.2, -0.15) is 0 Å². The first kappa shape index (κ1) is 19.5. The number of fused-ring (bicyclic) bond motifs is 1. The summed E-state index contributed by atoms with van der Waals surface area (Å²) < 4.78 is 0. The maximum Gasteiger partial charge on any atom is 0.250 e. The minimum atomic E-state index is -0.489. The van der Waals surface area contributed by atoms with Crippen molar-refractivity contribution in [1.29, 1.82) is 0 Å². The van der Waals surface area contributed by atoms with Gasteiger partial charge in [0.1, 0.15) is 12.1 Å². The summed E-state index contributed by atoms with van der Waals surface area (Å²) in [7, 11) is 0. The van der Waals surface area contributed by atoms with E-state index in [1.165, 1.54) is 6.33 Å². The number of aromatic nitrogens is 3. The van der Waals surface area contributed by atoms with Gasteiger partial charge in [0.2, 0.25) is 0 Å². The monoisotopic (exact) mass is 398 g/mol. The van der Waals surface area contributed by atoms with Gasteiger partial charge in [0, 0.05) is 23.8 Å². The smallest absolute Gasteiger partial charge is 0.250 e. The number of hydrogen-bond acceptors (Lipinski definition) is 6. The van der Waals surface area contributed by atoms with Gasteiger partial charge in [-0.15, -0.1) is 0 Å². The molecule has 4 rings (SSSR count). The van der Waals surface area contributed by atoms with E-state index in [1.54, 1.807) is 12.3 Å². The van der Waals surface area contributed by atoms with E-state index in [-0.39, 0.29) is 0 Å². The van der Waals surface area contributed by atoms with Crippen molar-refractivity contribution in [3.05, 3.63) is 89.5 Å². The van der Waals surface area contributed by atoms with Crippen molar-refractivity contribution in [3.8, 4) is 0 Å². The molecule has 0 fully saturated rings. The van der Waals surface area contributed by atoms with Gasteiger partial charge in [0.05, 0.1) is 16.8 Å². The normalized spacial score (nSPS) is 10.8. The number of hydrogen-bond donors (Lipinski definition) is 3. The van der Waals surface area contributed by atoms with Crippen LogP contribution in [0.3, 0.4) is 0 Å². The highest BCUT2D eigenvalue weighted by molar-refractivity contribution is 6.05. The molecule has 150 valence electrons. The number of aryl methyl sites for hydroxylation is 2. The third-order valence-electron chi connectivity index (χ3n) is 4.92. The number of carbonyl (C=O) groups excluding carboxylic acids is 1. The molecule has 30 heavy (non-hydrogen) atoms. The van der Waals surface area contributed by atoms with Gasteiger partial charge >= 0.3 is 0 Å². The standard InChI is InChI=1S/C23H22N6O/c24-12-16-8-10-21(26-13-16)29-17-4-1-3-15(11-17)7-9-20-18-5-2-6-19(23(25)30)22(18)28-14-27-20/h1-6,8,10-11,13-14H,7,9,12,24H2,(H2,25,30)(H,26,29). The molecule has 0 saturated carbocycles. The molecule has 7 heteroatoms. The lowest BCUT2D eigenvalue weighted by Crippen LogP contribution is -2.12. The van der Waals surface area contributed by atoms with Gasteiger partial charge in [0.15, 0.2) is 0 Å². The van der Waals surface area contributed by atoms with Gasteiger partial charge in [-0.3, -0.25) is 4.79 Å². The SMILES string of the molecule is NCc1ccc(Nc2cccc(CCc3ncnc4c(C(N)=O)cccc34)c2)nc1. The zero-order chi connectivity index (χ0) is 20.9. The average molecular weight is 398 g/mol. The first-order valence-electron chi connectivity index (χ1n) is 9.67. The van der Waals surface area contributed by atoms with Gasteiger partial charge in [0.25, 0.3) is 5.91 Å². The average Bonchev–Trinajstić information content (AvgIpc) is 2.78. The molecule has 0 saturated heterocycles. The van der Waals surface area contributed by atoms with Crippen molar-refractivity contribution < 1.29 is 4.79 Å². The van der Waals surface area contributed by atoms with E-state index in [1.807, 2.05) is 36.4 Å². The summed E-state index contributed by atoms with van der Waals surface area (Å²) in [6, 6.07) is 17.5. The van der Waals surface area contributed by atoms with Crippen LogP contribution in [0.25, 0.3) is 10.9 Å². The molecule has 5 N–H and O–H groups in total. The highest BCUT2D eigenvalue weighted by atomic mass is 16.1. The number of nitrogens with zero attached hydrogens (tertiary/aromatic N) is 3. The van der Waals surface area contributed by atoms with Crippen molar-refractivity contribution in [3.63, 3.8) is 0 Å². The van der Waals surface area contributed by atoms with Crippen LogP contribution in [-0.4, -0.2) is 20.9 Å². The van der Waals surface area contributed by atoms with Crippen LogP contribution in [0.15, 0.2) is 67.1 Å². The lowest BCUT2D eigenvalue weighted by molar-refractivity contribution is 0.100. The summed E-state index contributed by atoms with van der Waals surface area (Å²) in [5, 5.41) is 4.17. The summed E-state index contributed by atoms with van der Waals surface area (Å²) in [4.78, 5) is 24.7. The Morgan fingerprint density at radius 1 is 0.933 bits per heavy atom. The number of para-hydroxylation sites is 1. The third-order valence-corrected chi connectivity index (χ3v) is 4.92. The lowest BCUT2D eigenvalue weighted by Gasteiger charge is -2.10. The van der Waals surface area contributed by atoms with Gasteiger partial charge in [-0.1, -0.05) is 30.3 Å². The lowest BCUT2D eigenvalue weighted by atomic mass is 10.0. The van der Waals surface area contributed by atoms with Crippen molar-refractivity contribution in [2.24, 2.45) is 11.5 Å². The maximum atomic E-state index is 11.7. The second-order valence-electron chi connectivity index (χ2n) is 6.97. The third kappa shape index (κ3) is 4.26. The Morgan fingerprint density at radius 3 is 2.57 bits per heavy atom. The number of amides is 1. The second-order valence-corrected chi connectivity index (χ2v) is 6.97. The Labute approximate surface area is 174 Å². The van der Waals surface area contributed by atoms with E-state index in [4.69, 9.17) is 11.5 Å². The molecular formula is C23H22N6O. The fourth-order valence-electron chi connectivity index (χ4n) is 3.37. The van der Waals surface area contributed by atoms with Crippen LogP contribution in [0.1, 0.15) is 27.2 Å². The molecular weight excluding hydrogens is 376 g/mol. The fraction of sp³-hybridized carbons (Fsp3) is 0.130. The van der Waals surface area contributed by atoms with E-state index in [0.29, 0.717) is 24.0 Å². The molecule has 4 aromatic rings. The van der Waals surface area contributed by atoms with Gasteiger partial charge < -0.3 is 16.8 Å². The number of pyridine rings is 1. The minimum Gasteiger partial charge on any atom is -0.366 e. The molecule has 0 aliphatic heterocycles. The number of benzene rings is 2. The van der Waals surface area contributed by atoms with Crippen LogP contribution < -0.4 is 16.8 Å². The Balaban J connectivity index is 1.51. The zero-order valence-corrected chi connectivity index (χ0v) is 16.4. The van der Waals surface area contributed by atoms with E-state index in [2.05, 4.69) is 32.4 Å². The van der Waals surface area contributed by atoms with Crippen LogP contribution in [0.4, 0.5) is 11.5 Å². The Morgan fingerprint density at radius 2 is 1.80 bits per heavy atom. The van der Waals surface area contributed by atoms with Crippen LogP contribution >= 0.6 is 0 Å². The maximum absolute atomic E-state index is 11.7. The molecule has 0 radical (unpaired) electrons. The molecule has 2 aromatic heterocycles. The summed E-state index contributed by atoms with van der Waals surface area (Å²) in [5.41, 5.74) is 16.1. The molecule has 2 aromatic carbocycles. The van der Waals surface area contributed by atoms with Gasteiger partial charge in [-0.25, -0.2) is 15.0 Å². The number of nitrogens with two attached hydrogens (primary N) is 2. The molecule has 0 aliphatic rings. The summed E-state index contributed by atoms with van der Waals surface area (Å²) >= 11 is 0. The van der Waals surface area contributed by atoms with E-state index in [0.717, 1.165) is 40.1 Å². The topological polar surface area (TPSA) is 120 Å². The predicted octanol–water partition coefficient (Wildman–Crippen LogP) is 3.11. The molecule has 1 amide bonds. The van der Waals surface area contributed by atoms with Crippen molar-refractivity contribution in [2.45, 2.75) is 19.4 Å². The Kier molecular flexibility index (Phi) is 5.63. The number of carbonyl (C=O) groups is 1. The zero-order valence-electron chi connectivity index (χ0n) is 16.4. The minimum absolute atomic E-state index is 0.413. The van der Waals surface area contributed by atoms with Crippen molar-refractivity contribution in [1.82, 2.24) is 15.0 Å². The predicted molar refractivity (Wildman–Crippen MR) is 117 cm³/mol. The molecule has 0 bridgehead atoms. The molecule has 0 unspecified atom stereocenters. The highest BCUT2D eigenvalue weighted by Crippen LogP contribution is 2.21. The number of anilines is 2. The Bertz CT molecular complexity index is 1190. The molecule has 7 nitrogen and oxygen atoms in total. The Hall–Kier alpha value is -3.84. The molecule has 0 atom stereocenters. The van der Waals surface area contributed by atoms with Crippen molar-refractivity contribution in [2.75, 3.05) is 5.32 Å². The number of nitrogens with one attached hydrogen (secondary N) is 1. The molecule has 2 heterocycles. The van der Waals surface area contributed by atoms with E-state index >= 15 is 0 Å². The second kappa shape index (κ2) is 8.67.